The fourth-order valence-corrected chi connectivity index (χ4v) is 2.83. The Balaban J connectivity index is 0.000000371. The van der Waals surface area contributed by atoms with E-state index in [4.69, 9.17) is 4.74 Å². The fourth-order valence-electron chi connectivity index (χ4n) is 2.83. The Bertz CT molecular complexity index is 211. The predicted molar refractivity (Wildman–Crippen MR) is 78.0 cm³/mol. The van der Waals surface area contributed by atoms with Gasteiger partial charge < -0.3 is 4.74 Å². The maximum absolute atomic E-state index is 5.64. The van der Waals surface area contributed by atoms with E-state index in [-0.39, 0.29) is 0 Å². The molecule has 18 heavy (non-hydrogen) atoms. The summed E-state index contributed by atoms with van der Waals surface area (Å²) in [6.07, 6.45) is 2.46. The molecule has 0 amide bonds. The van der Waals surface area contributed by atoms with Crippen molar-refractivity contribution >= 4 is 0 Å². The maximum Gasteiger partial charge on any atom is 0.0731 e. The highest BCUT2D eigenvalue weighted by Gasteiger charge is 2.43. The van der Waals surface area contributed by atoms with Gasteiger partial charge in [0.2, 0.25) is 0 Å². The molecule has 0 radical (unpaired) electrons. The van der Waals surface area contributed by atoms with Gasteiger partial charge in [0.25, 0.3) is 0 Å². The van der Waals surface area contributed by atoms with Crippen LogP contribution in [0, 0.1) is 0 Å². The Labute approximate surface area is 113 Å². The molecule has 0 aromatic heterocycles. The topological polar surface area (TPSA) is 15.7 Å². The van der Waals surface area contributed by atoms with Crippen LogP contribution in [0.4, 0.5) is 0 Å². The van der Waals surface area contributed by atoms with Gasteiger partial charge >= 0.3 is 0 Å². The zero-order valence-corrected chi connectivity index (χ0v) is 13.1. The highest BCUT2D eigenvalue weighted by Crippen LogP contribution is 2.31. The van der Waals surface area contributed by atoms with Gasteiger partial charge in [0.1, 0.15) is 0 Å². The Hall–Kier alpha value is -0.120. The highest BCUT2D eigenvalue weighted by molar-refractivity contribution is 4.97. The number of nitrogens with zero attached hydrogens (tertiary/aromatic N) is 2. The molecule has 4 fully saturated rings. The summed E-state index contributed by atoms with van der Waals surface area (Å²) in [5.74, 6) is 0. The summed E-state index contributed by atoms with van der Waals surface area (Å²) in [5.41, 5.74) is 0. The molecule has 4 rings (SSSR count). The van der Waals surface area contributed by atoms with E-state index in [9.17, 15) is 0 Å². The SMILES string of the molecule is CC.CC.CC(C)N1CC(N2CC3CC(C2)O3)C1. The van der Waals surface area contributed by atoms with Crippen molar-refractivity contribution in [2.24, 2.45) is 0 Å². The largest absolute Gasteiger partial charge is 0.372 e. The molecular formula is C15H32N2O. The zero-order valence-electron chi connectivity index (χ0n) is 13.1. The second kappa shape index (κ2) is 7.46. The lowest BCUT2D eigenvalue weighted by molar-refractivity contribution is -0.197. The van der Waals surface area contributed by atoms with Crippen LogP contribution in [0.15, 0.2) is 0 Å². The Morgan fingerprint density at radius 1 is 0.889 bits per heavy atom. The molecule has 0 aliphatic carbocycles. The summed E-state index contributed by atoms with van der Waals surface area (Å²) in [7, 11) is 0. The Kier molecular flexibility index (Phi) is 6.61. The summed E-state index contributed by atoms with van der Waals surface area (Å²) >= 11 is 0. The van der Waals surface area contributed by atoms with Gasteiger partial charge in [-0.25, -0.2) is 0 Å². The van der Waals surface area contributed by atoms with Crippen LogP contribution in [0.5, 0.6) is 0 Å². The van der Waals surface area contributed by atoms with Crippen LogP contribution in [-0.4, -0.2) is 60.3 Å². The lowest BCUT2D eigenvalue weighted by atomic mass is 9.94. The third-order valence-electron chi connectivity index (χ3n) is 3.92. The van der Waals surface area contributed by atoms with Gasteiger partial charge in [-0.1, -0.05) is 27.7 Å². The van der Waals surface area contributed by atoms with Crippen molar-refractivity contribution in [2.75, 3.05) is 26.2 Å². The van der Waals surface area contributed by atoms with Crippen molar-refractivity contribution in [2.45, 2.75) is 72.3 Å². The summed E-state index contributed by atoms with van der Waals surface area (Å²) in [4.78, 5) is 5.19. The molecule has 2 bridgehead atoms. The number of piperidine rings is 1. The number of rotatable bonds is 2. The molecule has 4 aliphatic rings. The number of ether oxygens (including phenoxy) is 1. The van der Waals surface area contributed by atoms with Gasteiger partial charge in [0.05, 0.1) is 12.2 Å². The molecule has 0 N–H and O–H groups in total. The number of likely N-dealkylation sites (tertiary alicyclic amines) is 1. The third kappa shape index (κ3) is 3.46. The summed E-state index contributed by atoms with van der Waals surface area (Å²) < 4.78 is 5.64. The quantitative estimate of drug-likeness (QED) is 0.755. The molecule has 0 saturated carbocycles. The fraction of sp³-hybridized carbons (Fsp3) is 1.00. The third-order valence-corrected chi connectivity index (χ3v) is 3.92. The maximum atomic E-state index is 5.64. The molecule has 2 unspecified atom stereocenters. The Morgan fingerprint density at radius 3 is 1.72 bits per heavy atom. The molecular weight excluding hydrogens is 224 g/mol. The molecule has 3 nitrogen and oxygen atoms in total. The van der Waals surface area contributed by atoms with E-state index in [0.29, 0.717) is 12.2 Å². The molecule has 0 aromatic carbocycles. The van der Waals surface area contributed by atoms with Gasteiger partial charge in [0.15, 0.2) is 0 Å². The van der Waals surface area contributed by atoms with Gasteiger partial charge in [-0.3, -0.25) is 9.80 Å². The molecule has 4 aliphatic heterocycles. The molecule has 4 saturated heterocycles. The lowest BCUT2D eigenvalue weighted by Gasteiger charge is -2.54. The minimum absolute atomic E-state index is 0.571. The Morgan fingerprint density at radius 2 is 1.33 bits per heavy atom. The summed E-state index contributed by atoms with van der Waals surface area (Å²) in [5, 5.41) is 0. The normalized spacial score (nSPS) is 31.5. The van der Waals surface area contributed by atoms with Crippen molar-refractivity contribution < 1.29 is 4.74 Å². The average molecular weight is 256 g/mol. The van der Waals surface area contributed by atoms with Crippen LogP contribution >= 0.6 is 0 Å². The monoisotopic (exact) mass is 256 g/mol. The smallest absolute Gasteiger partial charge is 0.0731 e. The summed E-state index contributed by atoms with van der Waals surface area (Å²) in [6.45, 7) is 17.5. The number of fused-ring (bicyclic) bond motifs is 2. The molecule has 3 heteroatoms. The van der Waals surface area contributed by atoms with Crippen LogP contribution in [0.2, 0.25) is 0 Å². The number of hydrogen-bond donors (Lipinski definition) is 0. The minimum atomic E-state index is 0.571. The lowest BCUT2D eigenvalue weighted by Crippen LogP contribution is -2.68. The number of morpholine rings is 1. The first-order valence-electron chi connectivity index (χ1n) is 7.86. The minimum Gasteiger partial charge on any atom is -0.372 e. The van der Waals surface area contributed by atoms with E-state index < -0.39 is 0 Å². The van der Waals surface area contributed by atoms with E-state index in [1.54, 1.807) is 0 Å². The van der Waals surface area contributed by atoms with E-state index >= 15 is 0 Å². The average Bonchev–Trinajstić information content (AvgIpc) is 2.31. The van der Waals surface area contributed by atoms with E-state index in [1.807, 2.05) is 27.7 Å². The summed E-state index contributed by atoms with van der Waals surface area (Å²) in [6, 6.07) is 1.55. The van der Waals surface area contributed by atoms with Crippen LogP contribution in [-0.2, 0) is 4.74 Å². The molecule has 0 aromatic rings. The first-order valence-corrected chi connectivity index (χ1v) is 7.86. The van der Waals surface area contributed by atoms with Crippen molar-refractivity contribution in [3.63, 3.8) is 0 Å². The standard InChI is InChI=1S/C11H20N2O.2C2H6/c1-8(2)12-4-9(5-12)13-6-10-3-11(7-13)14-10;2*1-2/h8-11H,3-7H2,1-2H3;2*1-2H3. The van der Waals surface area contributed by atoms with Crippen LogP contribution in [0.25, 0.3) is 0 Å². The van der Waals surface area contributed by atoms with Crippen molar-refractivity contribution in [3.05, 3.63) is 0 Å². The van der Waals surface area contributed by atoms with Crippen LogP contribution < -0.4 is 0 Å². The van der Waals surface area contributed by atoms with Gasteiger partial charge in [-0.15, -0.1) is 0 Å². The van der Waals surface area contributed by atoms with Crippen LogP contribution in [0.3, 0.4) is 0 Å². The first kappa shape index (κ1) is 15.9. The molecule has 4 heterocycles. The van der Waals surface area contributed by atoms with Crippen molar-refractivity contribution in [1.82, 2.24) is 9.80 Å². The predicted octanol–water partition coefficient (Wildman–Crippen LogP) is 2.60. The van der Waals surface area contributed by atoms with E-state index in [0.717, 1.165) is 12.1 Å². The first-order chi connectivity index (χ1) is 8.72. The van der Waals surface area contributed by atoms with Crippen LogP contribution in [0.1, 0.15) is 48.0 Å². The molecule has 2 atom stereocenters. The van der Waals surface area contributed by atoms with Crippen molar-refractivity contribution in [3.8, 4) is 0 Å². The highest BCUT2D eigenvalue weighted by atomic mass is 16.5. The van der Waals surface area contributed by atoms with Crippen molar-refractivity contribution in [1.29, 1.82) is 0 Å². The van der Waals surface area contributed by atoms with Gasteiger partial charge in [0, 0.05) is 44.7 Å². The van der Waals surface area contributed by atoms with E-state index in [2.05, 4.69) is 23.6 Å². The van der Waals surface area contributed by atoms with Gasteiger partial charge in [-0.05, 0) is 13.8 Å². The molecule has 0 spiro atoms. The second-order valence-corrected chi connectivity index (χ2v) is 5.27. The second-order valence-electron chi connectivity index (χ2n) is 5.27. The zero-order chi connectivity index (χ0) is 13.7. The molecule has 108 valence electrons. The van der Waals surface area contributed by atoms with E-state index in [1.165, 1.54) is 32.6 Å². The van der Waals surface area contributed by atoms with Gasteiger partial charge in [-0.2, -0.15) is 0 Å². The number of hydrogen-bond acceptors (Lipinski definition) is 3.